The van der Waals surface area contributed by atoms with Crippen LogP contribution in [0.1, 0.15) is 5.56 Å². The molecule has 0 saturated carbocycles. The van der Waals surface area contributed by atoms with E-state index in [2.05, 4.69) is 5.32 Å². The van der Waals surface area contributed by atoms with Gasteiger partial charge in [0.15, 0.2) is 0 Å². The van der Waals surface area contributed by atoms with Gasteiger partial charge in [0, 0.05) is 43.4 Å². The number of halogens is 1. The van der Waals surface area contributed by atoms with Crippen molar-refractivity contribution < 1.29 is 14.3 Å². The summed E-state index contributed by atoms with van der Waals surface area (Å²) in [4.78, 5) is 29.1. The van der Waals surface area contributed by atoms with E-state index in [0.29, 0.717) is 30.3 Å². The first-order valence-corrected chi connectivity index (χ1v) is 9.63. The second-order valence-electron chi connectivity index (χ2n) is 7.18. The first-order valence-electron chi connectivity index (χ1n) is 9.25. The van der Waals surface area contributed by atoms with Crippen molar-refractivity contribution in [3.8, 4) is 0 Å². The number of methoxy groups -OCH3 is 1. The number of nitrogens with zero attached hydrogens (tertiary/aromatic N) is 2. The predicted molar refractivity (Wildman–Crippen MR) is 107 cm³/mol. The number of carbonyl (C=O) groups excluding carboxylic acids is 2. The van der Waals surface area contributed by atoms with Crippen molar-refractivity contribution in [2.24, 2.45) is 5.92 Å². The van der Waals surface area contributed by atoms with E-state index in [1.54, 1.807) is 36.3 Å². The fraction of sp³-hybridized carbons (Fsp3) is 0.333. The van der Waals surface area contributed by atoms with Gasteiger partial charge in [-0.25, -0.2) is 4.79 Å². The summed E-state index contributed by atoms with van der Waals surface area (Å²) in [5.41, 5.74) is 1.75. The van der Waals surface area contributed by atoms with Gasteiger partial charge in [-0.15, -0.1) is 0 Å². The molecule has 0 unspecified atom stereocenters. The summed E-state index contributed by atoms with van der Waals surface area (Å²) in [5, 5.41) is 3.51. The normalized spacial score (nSPS) is 23.8. The molecule has 0 spiro atoms. The summed E-state index contributed by atoms with van der Waals surface area (Å²) >= 11 is 5.89. The van der Waals surface area contributed by atoms with Crippen molar-refractivity contribution in [1.82, 2.24) is 9.80 Å². The van der Waals surface area contributed by atoms with Gasteiger partial charge in [-0.05, 0) is 29.8 Å². The molecule has 2 fully saturated rings. The zero-order valence-electron chi connectivity index (χ0n) is 15.5. The lowest BCUT2D eigenvalue weighted by atomic mass is 10.0. The maximum absolute atomic E-state index is 12.8. The summed E-state index contributed by atoms with van der Waals surface area (Å²) in [5.74, 6) is -0.0312. The summed E-state index contributed by atoms with van der Waals surface area (Å²) in [6, 6.07) is 16.6. The van der Waals surface area contributed by atoms with Crippen LogP contribution in [-0.4, -0.2) is 54.1 Å². The number of likely N-dealkylation sites (tertiary alicyclic amines) is 2. The van der Waals surface area contributed by atoms with E-state index in [1.807, 2.05) is 35.2 Å². The summed E-state index contributed by atoms with van der Waals surface area (Å²) in [6.07, 6.45) is -0.512. The molecule has 2 aliphatic rings. The zero-order chi connectivity index (χ0) is 19.7. The zero-order valence-corrected chi connectivity index (χ0v) is 16.3. The van der Waals surface area contributed by atoms with Crippen LogP contribution in [0.4, 0.5) is 10.5 Å². The molecule has 146 valence electrons. The third-order valence-corrected chi connectivity index (χ3v) is 5.73. The Kier molecular flexibility index (Phi) is 5.24. The molecule has 6 nitrogen and oxygen atoms in total. The van der Waals surface area contributed by atoms with Crippen LogP contribution in [0.25, 0.3) is 0 Å². The highest BCUT2D eigenvalue weighted by Crippen LogP contribution is 2.35. The standard InChI is InChI=1S/C21H22ClN3O3/c1-28-19-17-12-24(21(27)23-16-9-7-15(22)8-10-16)13-18(17)25(20(19)26)11-14-5-3-2-4-6-14/h2-10,17-19H,11-13H2,1H3,(H,23,27)/t17-,18+,19-/m0/s1. The summed E-state index contributed by atoms with van der Waals surface area (Å²) < 4.78 is 5.50. The number of rotatable bonds is 4. The van der Waals surface area contributed by atoms with Crippen molar-refractivity contribution in [3.05, 3.63) is 65.2 Å². The Morgan fingerprint density at radius 3 is 2.54 bits per heavy atom. The molecule has 2 heterocycles. The van der Waals surface area contributed by atoms with Crippen LogP contribution in [0.2, 0.25) is 5.02 Å². The van der Waals surface area contributed by atoms with Crippen LogP contribution < -0.4 is 5.32 Å². The molecule has 1 N–H and O–H groups in total. The summed E-state index contributed by atoms with van der Waals surface area (Å²) in [7, 11) is 1.56. The van der Waals surface area contributed by atoms with Gasteiger partial charge in [-0.1, -0.05) is 41.9 Å². The van der Waals surface area contributed by atoms with Gasteiger partial charge in [0.1, 0.15) is 6.10 Å². The quantitative estimate of drug-likeness (QED) is 0.858. The minimum atomic E-state index is -0.512. The molecular weight excluding hydrogens is 378 g/mol. The largest absolute Gasteiger partial charge is 0.371 e. The number of hydrogen-bond donors (Lipinski definition) is 1. The lowest BCUT2D eigenvalue weighted by Gasteiger charge is -2.25. The van der Waals surface area contributed by atoms with E-state index in [0.717, 1.165) is 5.56 Å². The first-order chi connectivity index (χ1) is 13.6. The maximum atomic E-state index is 12.8. The summed E-state index contributed by atoms with van der Waals surface area (Å²) in [6.45, 7) is 1.50. The molecule has 4 rings (SSSR count). The molecular formula is C21H22ClN3O3. The number of amides is 3. The Labute approximate surface area is 169 Å². The second kappa shape index (κ2) is 7.81. The van der Waals surface area contributed by atoms with Gasteiger partial charge in [-0.2, -0.15) is 0 Å². The molecule has 28 heavy (non-hydrogen) atoms. The fourth-order valence-electron chi connectivity index (χ4n) is 4.10. The number of hydrogen-bond acceptors (Lipinski definition) is 3. The highest BCUT2D eigenvalue weighted by molar-refractivity contribution is 6.30. The molecule has 3 atom stereocenters. The van der Waals surface area contributed by atoms with E-state index in [1.165, 1.54) is 0 Å². The number of nitrogens with one attached hydrogen (secondary N) is 1. The van der Waals surface area contributed by atoms with E-state index >= 15 is 0 Å². The van der Waals surface area contributed by atoms with E-state index in [-0.39, 0.29) is 23.9 Å². The Bertz CT molecular complexity index is 859. The predicted octanol–water partition coefficient (Wildman–Crippen LogP) is 3.23. The van der Waals surface area contributed by atoms with Gasteiger partial charge in [-0.3, -0.25) is 4.79 Å². The highest BCUT2D eigenvalue weighted by atomic mass is 35.5. The SMILES string of the molecule is CO[C@@H]1C(=O)N(Cc2ccccc2)[C@@H]2CN(C(=O)Nc3ccc(Cl)cc3)C[C@H]12. The maximum Gasteiger partial charge on any atom is 0.321 e. The van der Waals surface area contributed by atoms with Gasteiger partial charge in [0.2, 0.25) is 0 Å². The van der Waals surface area contributed by atoms with Crippen molar-refractivity contribution >= 4 is 29.2 Å². The average molecular weight is 400 g/mol. The van der Waals surface area contributed by atoms with Gasteiger partial charge in [0.25, 0.3) is 5.91 Å². The molecule has 0 aliphatic carbocycles. The molecule has 0 radical (unpaired) electrons. The molecule has 2 aliphatic heterocycles. The average Bonchev–Trinajstić information content (AvgIpc) is 3.23. The van der Waals surface area contributed by atoms with Crippen LogP contribution in [0.5, 0.6) is 0 Å². The van der Waals surface area contributed by atoms with Crippen molar-refractivity contribution in [2.45, 2.75) is 18.7 Å². The Balaban J connectivity index is 1.48. The highest BCUT2D eigenvalue weighted by Gasteiger charge is 2.53. The molecule has 7 heteroatoms. The minimum Gasteiger partial charge on any atom is -0.371 e. The second-order valence-corrected chi connectivity index (χ2v) is 7.62. The molecule has 0 aromatic heterocycles. The van der Waals surface area contributed by atoms with Crippen LogP contribution in [-0.2, 0) is 16.1 Å². The Morgan fingerprint density at radius 1 is 1.14 bits per heavy atom. The first kappa shape index (κ1) is 18.8. The number of benzene rings is 2. The molecule has 3 amide bonds. The number of urea groups is 1. The Hall–Kier alpha value is -2.57. The lowest BCUT2D eigenvalue weighted by molar-refractivity contribution is -0.138. The van der Waals surface area contributed by atoms with Crippen molar-refractivity contribution in [1.29, 1.82) is 0 Å². The lowest BCUT2D eigenvalue weighted by Crippen LogP contribution is -2.41. The van der Waals surface area contributed by atoms with E-state index < -0.39 is 6.10 Å². The number of ether oxygens (including phenoxy) is 1. The number of fused-ring (bicyclic) bond motifs is 1. The topological polar surface area (TPSA) is 61.9 Å². The minimum absolute atomic E-state index is 0.000822. The van der Waals surface area contributed by atoms with Crippen LogP contribution >= 0.6 is 11.6 Å². The van der Waals surface area contributed by atoms with E-state index in [9.17, 15) is 9.59 Å². The monoisotopic (exact) mass is 399 g/mol. The third kappa shape index (κ3) is 3.57. The van der Waals surface area contributed by atoms with Crippen molar-refractivity contribution in [2.75, 3.05) is 25.5 Å². The molecule has 0 bridgehead atoms. The third-order valence-electron chi connectivity index (χ3n) is 5.48. The van der Waals surface area contributed by atoms with Crippen molar-refractivity contribution in [3.63, 3.8) is 0 Å². The van der Waals surface area contributed by atoms with Crippen LogP contribution in [0.3, 0.4) is 0 Å². The number of carbonyl (C=O) groups is 2. The van der Waals surface area contributed by atoms with Crippen LogP contribution in [0, 0.1) is 5.92 Å². The smallest absolute Gasteiger partial charge is 0.321 e. The van der Waals surface area contributed by atoms with Gasteiger partial charge in [0.05, 0.1) is 6.04 Å². The Morgan fingerprint density at radius 2 is 1.86 bits per heavy atom. The van der Waals surface area contributed by atoms with Gasteiger partial charge < -0.3 is 19.9 Å². The number of anilines is 1. The molecule has 2 aromatic rings. The van der Waals surface area contributed by atoms with Crippen LogP contribution in [0.15, 0.2) is 54.6 Å². The molecule has 2 aromatic carbocycles. The molecule has 2 saturated heterocycles. The fourth-order valence-corrected chi connectivity index (χ4v) is 4.23. The van der Waals surface area contributed by atoms with Gasteiger partial charge >= 0.3 is 6.03 Å². The van der Waals surface area contributed by atoms with E-state index in [4.69, 9.17) is 16.3 Å².